The first-order valence-corrected chi connectivity index (χ1v) is 4.47. The Kier molecular flexibility index (Phi) is 5.80. The summed E-state index contributed by atoms with van der Waals surface area (Å²) >= 11 is -2.63. The quantitative estimate of drug-likeness (QED) is 0.337. The largest absolute Gasteiger partial charge is 0.750 e. The van der Waals surface area contributed by atoms with Crippen molar-refractivity contribution in [2.24, 2.45) is 0 Å². The van der Waals surface area contributed by atoms with Gasteiger partial charge in [-0.2, -0.15) is 0 Å². The Labute approximate surface area is 79.3 Å². The molecule has 0 N–H and O–H groups in total. The van der Waals surface area contributed by atoms with Crippen molar-refractivity contribution in [3.63, 3.8) is 0 Å². The van der Waals surface area contributed by atoms with Crippen molar-refractivity contribution in [1.29, 1.82) is 0 Å². The molecule has 2 atom stereocenters. The Morgan fingerprint density at radius 2 is 2.15 bits per heavy atom. The molecular formula is C6H12NO5S-. The third kappa shape index (κ3) is 5.69. The maximum atomic E-state index is 10.8. The van der Waals surface area contributed by atoms with Crippen molar-refractivity contribution in [3.8, 4) is 0 Å². The molecule has 0 spiro atoms. The number of rotatable bonds is 5. The number of carbonyl (C=O) groups excluding carboxylic acids is 1. The second kappa shape index (κ2) is 6.03. The molecule has 7 heteroatoms. The molecule has 13 heavy (non-hydrogen) atoms. The third-order valence-electron chi connectivity index (χ3n) is 1.33. The topological polar surface area (TPSA) is 78.9 Å². The van der Waals surface area contributed by atoms with Crippen LogP contribution in [0.5, 0.6) is 0 Å². The number of hydrogen-bond donors (Lipinski definition) is 0. The molecular weight excluding hydrogens is 198 g/mol. The number of nitrogens with zero attached hydrogens (tertiary/aromatic N) is 1. The van der Waals surface area contributed by atoms with E-state index in [0.29, 0.717) is 0 Å². The zero-order valence-corrected chi connectivity index (χ0v) is 8.50. The van der Waals surface area contributed by atoms with Crippen LogP contribution in [-0.2, 0) is 25.1 Å². The van der Waals surface area contributed by atoms with E-state index in [1.165, 1.54) is 12.0 Å². The van der Waals surface area contributed by atoms with Gasteiger partial charge in [0.2, 0.25) is 0 Å². The molecule has 0 aromatic heterocycles. The molecule has 0 aliphatic carbocycles. The Morgan fingerprint density at radius 3 is 2.46 bits per heavy atom. The second-order valence-corrected chi connectivity index (χ2v) is 3.10. The molecule has 0 saturated carbocycles. The lowest BCUT2D eigenvalue weighted by Crippen LogP contribution is -2.33. The summed E-state index contributed by atoms with van der Waals surface area (Å²) < 4.78 is 29.2. The van der Waals surface area contributed by atoms with Crippen LogP contribution < -0.4 is 0 Å². The number of hydrogen-bond acceptors (Lipinski definition) is 6. The van der Waals surface area contributed by atoms with Crippen LogP contribution in [0.25, 0.3) is 0 Å². The van der Waals surface area contributed by atoms with Crippen LogP contribution in [0.4, 0.5) is 0 Å². The molecule has 2 unspecified atom stereocenters. The minimum absolute atomic E-state index is 0.127. The molecule has 0 fully saturated rings. The fraction of sp³-hybridized carbons (Fsp3) is 0.833. The van der Waals surface area contributed by atoms with Crippen LogP contribution in [0, 0.1) is 0 Å². The van der Waals surface area contributed by atoms with Gasteiger partial charge in [0.05, 0.1) is 24.9 Å². The van der Waals surface area contributed by atoms with Gasteiger partial charge in [-0.05, 0) is 14.1 Å². The highest BCUT2D eigenvalue weighted by Gasteiger charge is 2.17. The first-order chi connectivity index (χ1) is 5.97. The molecule has 78 valence electrons. The third-order valence-corrected chi connectivity index (χ3v) is 1.71. The summed E-state index contributed by atoms with van der Waals surface area (Å²) in [4.78, 5) is 12.2. The first-order valence-electron chi connectivity index (χ1n) is 3.47. The van der Waals surface area contributed by atoms with Gasteiger partial charge in [0.15, 0.2) is 0 Å². The smallest absolute Gasteiger partial charge is 0.309 e. The van der Waals surface area contributed by atoms with Crippen molar-refractivity contribution in [1.82, 2.24) is 4.90 Å². The Morgan fingerprint density at radius 1 is 1.62 bits per heavy atom. The summed E-state index contributed by atoms with van der Waals surface area (Å²) in [6.45, 7) is 0. The average molecular weight is 210 g/mol. The standard InChI is InChI=1S/C6H13NO5S/c1-7(2)5(12-13(9)10)4-6(8)11-3/h5H,4H2,1-3H3,(H,9,10)/p-1. The average Bonchev–Trinajstić information content (AvgIpc) is 2.02. The van der Waals surface area contributed by atoms with Gasteiger partial charge < -0.3 is 9.29 Å². The first kappa shape index (κ1) is 12.5. The van der Waals surface area contributed by atoms with Crippen molar-refractivity contribution in [2.45, 2.75) is 12.6 Å². The molecule has 0 bridgehead atoms. The molecule has 0 aliphatic rings. The predicted octanol–water partition coefficient (Wildman–Crippen LogP) is -0.752. The predicted molar refractivity (Wildman–Crippen MR) is 44.1 cm³/mol. The van der Waals surface area contributed by atoms with Crippen LogP contribution >= 0.6 is 0 Å². The van der Waals surface area contributed by atoms with E-state index in [0.717, 1.165) is 0 Å². The molecule has 0 aromatic carbocycles. The maximum absolute atomic E-state index is 10.8. The van der Waals surface area contributed by atoms with E-state index in [9.17, 15) is 13.6 Å². The molecule has 0 rings (SSSR count). The van der Waals surface area contributed by atoms with Gasteiger partial charge in [0, 0.05) is 0 Å². The lowest BCUT2D eigenvalue weighted by atomic mass is 10.4. The van der Waals surface area contributed by atoms with Gasteiger partial charge in [-0.3, -0.25) is 13.9 Å². The van der Waals surface area contributed by atoms with Crippen molar-refractivity contribution in [3.05, 3.63) is 0 Å². The minimum atomic E-state index is -2.63. The van der Waals surface area contributed by atoms with E-state index in [-0.39, 0.29) is 6.42 Å². The molecule has 0 heterocycles. The summed E-state index contributed by atoms with van der Waals surface area (Å²) in [6, 6.07) is 0. The molecule has 0 aliphatic heterocycles. The Hall–Kier alpha value is -0.500. The van der Waals surface area contributed by atoms with Gasteiger partial charge in [-0.15, -0.1) is 0 Å². The van der Waals surface area contributed by atoms with Gasteiger partial charge in [0.25, 0.3) is 0 Å². The molecule has 6 nitrogen and oxygen atoms in total. The Bertz CT molecular complexity index is 195. The van der Waals surface area contributed by atoms with Crippen LogP contribution in [-0.4, -0.2) is 47.1 Å². The number of carbonyl (C=O) groups is 1. The minimum Gasteiger partial charge on any atom is -0.750 e. The molecule has 0 radical (unpaired) electrons. The summed E-state index contributed by atoms with van der Waals surface area (Å²) in [7, 11) is 4.42. The van der Waals surface area contributed by atoms with Gasteiger partial charge >= 0.3 is 5.97 Å². The van der Waals surface area contributed by atoms with E-state index in [2.05, 4.69) is 8.92 Å². The van der Waals surface area contributed by atoms with Crippen molar-refractivity contribution >= 4 is 17.3 Å². The molecule has 0 amide bonds. The fourth-order valence-corrected chi connectivity index (χ4v) is 1.04. The van der Waals surface area contributed by atoms with Gasteiger partial charge in [-0.25, -0.2) is 4.21 Å². The van der Waals surface area contributed by atoms with E-state index >= 15 is 0 Å². The summed E-state index contributed by atoms with van der Waals surface area (Å²) in [5.74, 6) is -0.524. The van der Waals surface area contributed by atoms with Gasteiger partial charge in [0.1, 0.15) is 6.23 Å². The normalized spacial score (nSPS) is 15.5. The number of esters is 1. The monoisotopic (exact) mass is 210 g/mol. The summed E-state index contributed by atoms with van der Waals surface area (Å²) in [6.07, 6.45) is -0.942. The van der Waals surface area contributed by atoms with E-state index in [1.54, 1.807) is 14.1 Å². The van der Waals surface area contributed by atoms with Crippen molar-refractivity contribution in [2.75, 3.05) is 21.2 Å². The summed E-state index contributed by atoms with van der Waals surface area (Å²) in [5, 5.41) is 0. The van der Waals surface area contributed by atoms with E-state index < -0.39 is 23.6 Å². The zero-order valence-electron chi connectivity index (χ0n) is 7.68. The summed E-state index contributed by atoms with van der Waals surface area (Å²) in [5.41, 5.74) is 0. The van der Waals surface area contributed by atoms with Gasteiger partial charge in [-0.1, -0.05) is 0 Å². The number of methoxy groups -OCH3 is 1. The second-order valence-electron chi connectivity index (χ2n) is 2.50. The lowest BCUT2D eigenvalue weighted by Gasteiger charge is -2.23. The highest BCUT2D eigenvalue weighted by atomic mass is 32.2. The van der Waals surface area contributed by atoms with Crippen LogP contribution in [0.15, 0.2) is 0 Å². The lowest BCUT2D eigenvalue weighted by molar-refractivity contribution is -0.144. The van der Waals surface area contributed by atoms with E-state index in [1.807, 2.05) is 0 Å². The highest BCUT2D eigenvalue weighted by molar-refractivity contribution is 7.74. The van der Waals surface area contributed by atoms with E-state index in [4.69, 9.17) is 0 Å². The van der Waals surface area contributed by atoms with Crippen LogP contribution in [0.2, 0.25) is 0 Å². The number of ether oxygens (including phenoxy) is 1. The SMILES string of the molecule is COC(=O)CC(OS(=O)[O-])N(C)C. The fourth-order valence-electron chi connectivity index (χ4n) is 0.619. The Balaban J connectivity index is 4.09. The molecule has 0 saturated heterocycles. The zero-order chi connectivity index (χ0) is 10.4. The van der Waals surface area contributed by atoms with Crippen LogP contribution in [0.3, 0.4) is 0 Å². The van der Waals surface area contributed by atoms with Crippen LogP contribution in [0.1, 0.15) is 6.42 Å². The maximum Gasteiger partial charge on any atom is 0.309 e. The molecule has 0 aromatic rings. The highest BCUT2D eigenvalue weighted by Crippen LogP contribution is 2.04. The van der Waals surface area contributed by atoms with Crippen molar-refractivity contribution < 1.29 is 22.5 Å².